The molecule has 218 valence electrons. The van der Waals surface area contributed by atoms with Crippen LogP contribution in [0.15, 0.2) is 60.9 Å². The minimum atomic E-state index is -0.793. The van der Waals surface area contributed by atoms with Crippen LogP contribution in [0.5, 0.6) is 0 Å². The smallest absolute Gasteiger partial charge is 0.328 e. The largest absolute Gasteiger partial charge is 0.458 e. The van der Waals surface area contributed by atoms with Crippen molar-refractivity contribution in [2.45, 2.75) is 96.7 Å². The highest BCUT2D eigenvalue weighted by atomic mass is 16.6. The van der Waals surface area contributed by atoms with Gasteiger partial charge in [0.05, 0.1) is 6.04 Å². The summed E-state index contributed by atoms with van der Waals surface area (Å²) < 4.78 is 5.31. The van der Waals surface area contributed by atoms with Crippen LogP contribution in [0.2, 0.25) is 0 Å². The van der Waals surface area contributed by atoms with Crippen molar-refractivity contribution in [1.29, 1.82) is 0 Å². The fraction of sp³-hybridized carbons (Fsp3) is 0.471. The second-order valence-electron chi connectivity index (χ2n) is 12.3. The molecule has 7 nitrogen and oxygen atoms in total. The number of hydrogen-bond acceptors (Lipinski definition) is 6. The minimum absolute atomic E-state index is 0.336. The molecule has 1 aliphatic carbocycles. The lowest BCUT2D eigenvalue weighted by molar-refractivity contribution is -0.158. The first-order chi connectivity index (χ1) is 19.5. The zero-order valence-corrected chi connectivity index (χ0v) is 25.0. The number of nitrogens with two attached hydrogens (primary N) is 1. The number of aromatic nitrogens is 2. The second-order valence-corrected chi connectivity index (χ2v) is 12.3. The van der Waals surface area contributed by atoms with Crippen molar-refractivity contribution in [1.82, 2.24) is 15.3 Å². The van der Waals surface area contributed by atoms with Crippen LogP contribution < -0.4 is 11.1 Å². The molecule has 3 aromatic rings. The van der Waals surface area contributed by atoms with Gasteiger partial charge in [-0.1, -0.05) is 61.9 Å². The van der Waals surface area contributed by atoms with Gasteiger partial charge in [-0.25, -0.2) is 14.8 Å². The molecule has 41 heavy (non-hydrogen) atoms. The molecule has 7 heteroatoms. The maximum atomic E-state index is 12.5. The van der Waals surface area contributed by atoms with Gasteiger partial charge in [-0.3, -0.25) is 4.79 Å². The predicted octanol–water partition coefficient (Wildman–Crippen LogP) is 6.21. The van der Waals surface area contributed by atoms with Crippen molar-refractivity contribution in [3.05, 3.63) is 72.1 Å². The summed E-state index contributed by atoms with van der Waals surface area (Å²) in [4.78, 5) is 33.9. The number of esters is 1. The highest BCUT2D eigenvalue weighted by Gasteiger charge is 2.25. The molecule has 1 aromatic heterocycles. The topological polar surface area (TPSA) is 107 Å². The van der Waals surface area contributed by atoms with Gasteiger partial charge in [0.15, 0.2) is 5.82 Å². The van der Waals surface area contributed by atoms with E-state index >= 15 is 0 Å². The van der Waals surface area contributed by atoms with Crippen molar-refractivity contribution < 1.29 is 14.3 Å². The number of nitrogens with one attached hydrogen (secondary N) is 1. The van der Waals surface area contributed by atoms with E-state index in [2.05, 4.69) is 46.5 Å². The molecule has 0 spiro atoms. The molecule has 4 rings (SSSR count). The first-order valence-electron chi connectivity index (χ1n) is 14.8. The Kier molecular flexibility index (Phi) is 9.92. The van der Waals surface area contributed by atoms with Crippen LogP contribution in [0.25, 0.3) is 22.5 Å². The summed E-state index contributed by atoms with van der Waals surface area (Å²) >= 11 is 0. The highest BCUT2D eigenvalue weighted by Crippen LogP contribution is 2.37. The third-order valence-electron chi connectivity index (χ3n) is 7.91. The number of benzene rings is 2. The Hall–Kier alpha value is -3.58. The Morgan fingerprint density at radius 3 is 2.07 bits per heavy atom. The standard InChI is InChI=1S/C34H44N4O3/c1-6-23-7-11-25(12-8-23)26-15-17-27(18-16-26)29-20-36-31(37-21-29)28-13-9-24(10-14-28)19-30(35)32(39)38-22(2)33(40)41-34(3,4)5/h9-10,13-18,20-23,25,30H,6-8,11-12,19,35H2,1-5H3,(H,38,39)/t22-,23-,25-,30+/m1/s1. The van der Waals surface area contributed by atoms with E-state index in [0.29, 0.717) is 18.2 Å². The highest BCUT2D eigenvalue weighted by molar-refractivity contribution is 5.87. The normalized spacial score (nSPS) is 18.8. The molecule has 3 N–H and O–H groups in total. The summed E-state index contributed by atoms with van der Waals surface area (Å²) in [5.41, 5.74) is 10.8. The SMILES string of the molecule is CC[C@H]1CC[C@H](c2ccc(-c3cnc(-c4ccc(C[C@H](N)C(=O)N[C@H](C)C(=O)OC(C)(C)C)cc4)nc3)cc2)CC1. The third kappa shape index (κ3) is 8.46. The molecule has 1 fully saturated rings. The molecule has 0 aliphatic heterocycles. The predicted molar refractivity (Wildman–Crippen MR) is 163 cm³/mol. The summed E-state index contributed by atoms with van der Waals surface area (Å²) in [7, 11) is 0. The Morgan fingerprint density at radius 1 is 0.927 bits per heavy atom. The van der Waals surface area contributed by atoms with Crippen LogP contribution in [0.1, 0.15) is 83.8 Å². The number of amides is 1. The summed E-state index contributed by atoms with van der Waals surface area (Å²) in [6.07, 6.45) is 10.6. The van der Waals surface area contributed by atoms with Gasteiger partial charge < -0.3 is 15.8 Å². The summed E-state index contributed by atoms with van der Waals surface area (Å²) in [5, 5.41) is 2.64. The molecule has 1 saturated carbocycles. The molecule has 0 unspecified atom stereocenters. The van der Waals surface area contributed by atoms with E-state index in [1.165, 1.54) is 37.7 Å². The number of nitrogens with zero attached hydrogens (tertiary/aromatic N) is 2. The molecule has 0 radical (unpaired) electrons. The van der Waals surface area contributed by atoms with Gasteiger partial charge in [0.1, 0.15) is 11.6 Å². The summed E-state index contributed by atoms with van der Waals surface area (Å²) in [5.74, 6) is 1.33. The third-order valence-corrected chi connectivity index (χ3v) is 7.91. The van der Waals surface area contributed by atoms with Gasteiger partial charge in [-0.15, -0.1) is 0 Å². The quantitative estimate of drug-likeness (QED) is 0.304. The number of carbonyl (C=O) groups excluding carboxylic acids is 2. The van der Waals surface area contributed by atoms with E-state index in [9.17, 15) is 9.59 Å². The maximum Gasteiger partial charge on any atom is 0.328 e. The average molecular weight is 557 g/mol. The second kappa shape index (κ2) is 13.4. The minimum Gasteiger partial charge on any atom is -0.458 e. The Labute approximate surface area is 244 Å². The van der Waals surface area contributed by atoms with Crippen molar-refractivity contribution in [2.24, 2.45) is 11.7 Å². The molecular weight excluding hydrogens is 512 g/mol. The van der Waals surface area contributed by atoms with Crippen molar-refractivity contribution in [3.8, 4) is 22.5 Å². The molecule has 1 amide bonds. The van der Waals surface area contributed by atoms with Crippen molar-refractivity contribution >= 4 is 11.9 Å². The van der Waals surface area contributed by atoms with Crippen LogP contribution >= 0.6 is 0 Å². The Bertz CT molecular complexity index is 1290. The lowest BCUT2D eigenvalue weighted by Crippen LogP contribution is -2.49. The number of carbonyl (C=O) groups is 2. The first kappa shape index (κ1) is 30.4. The van der Waals surface area contributed by atoms with Gasteiger partial charge >= 0.3 is 5.97 Å². The average Bonchev–Trinajstić information content (AvgIpc) is 2.97. The van der Waals surface area contributed by atoms with E-state index < -0.39 is 29.6 Å². The first-order valence-corrected chi connectivity index (χ1v) is 14.8. The molecule has 1 aliphatic rings. The van der Waals surface area contributed by atoms with E-state index in [1.807, 2.05) is 36.7 Å². The summed E-state index contributed by atoms with van der Waals surface area (Å²) in [6, 6.07) is 15.0. The maximum absolute atomic E-state index is 12.5. The lowest BCUT2D eigenvalue weighted by Gasteiger charge is -2.28. The van der Waals surface area contributed by atoms with Gasteiger partial charge in [-0.05, 0) is 88.3 Å². The van der Waals surface area contributed by atoms with Gasteiger partial charge in [0, 0.05) is 23.5 Å². The van der Waals surface area contributed by atoms with E-state index in [-0.39, 0.29) is 0 Å². The fourth-order valence-electron chi connectivity index (χ4n) is 5.38. The van der Waals surface area contributed by atoms with E-state index in [0.717, 1.165) is 28.2 Å². The monoisotopic (exact) mass is 556 g/mol. The van der Waals surface area contributed by atoms with Gasteiger partial charge in [-0.2, -0.15) is 0 Å². The Morgan fingerprint density at radius 2 is 1.51 bits per heavy atom. The Balaban J connectivity index is 1.31. The fourth-order valence-corrected chi connectivity index (χ4v) is 5.38. The van der Waals surface area contributed by atoms with Crippen LogP contribution in [-0.2, 0) is 20.7 Å². The number of rotatable bonds is 9. The van der Waals surface area contributed by atoms with Gasteiger partial charge in [0.2, 0.25) is 5.91 Å². The lowest BCUT2D eigenvalue weighted by atomic mass is 9.78. The molecule has 2 aromatic carbocycles. The van der Waals surface area contributed by atoms with E-state index in [4.69, 9.17) is 10.5 Å². The van der Waals surface area contributed by atoms with E-state index in [1.54, 1.807) is 27.7 Å². The number of hydrogen-bond donors (Lipinski definition) is 2. The van der Waals surface area contributed by atoms with Crippen LogP contribution in [-0.4, -0.2) is 39.5 Å². The van der Waals surface area contributed by atoms with Crippen LogP contribution in [0.4, 0.5) is 0 Å². The zero-order valence-electron chi connectivity index (χ0n) is 25.0. The molecule has 0 bridgehead atoms. The van der Waals surface area contributed by atoms with Crippen molar-refractivity contribution in [2.75, 3.05) is 0 Å². The zero-order chi connectivity index (χ0) is 29.6. The van der Waals surface area contributed by atoms with Crippen LogP contribution in [0, 0.1) is 5.92 Å². The van der Waals surface area contributed by atoms with Crippen LogP contribution in [0.3, 0.4) is 0 Å². The molecule has 0 saturated heterocycles. The molecule has 2 atom stereocenters. The van der Waals surface area contributed by atoms with Crippen molar-refractivity contribution in [3.63, 3.8) is 0 Å². The number of ether oxygens (including phenoxy) is 1. The molecular formula is C34H44N4O3. The van der Waals surface area contributed by atoms with Gasteiger partial charge in [0.25, 0.3) is 0 Å². The molecule has 1 heterocycles. The summed E-state index contributed by atoms with van der Waals surface area (Å²) in [6.45, 7) is 9.24.